The second-order valence-corrected chi connectivity index (χ2v) is 5.05. The molecule has 0 aliphatic heterocycles. The number of hydrogen-bond acceptors (Lipinski definition) is 4. The summed E-state index contributed by atoms with van der Waals surface area (Å²) in [4.78, 5) is 8.68. The summed E-state index contributed by atoms with van der Waals surface area (Å²) in [5.74, 6) is 0. The molecule has 24 heavy (non-hydrogen) atoms. The minimum Gasteiger partial charge on any atom is -0.255 e. The van der Waals surface area contributed by atoms with E-state index in [1.807, 2.05) is 60.7 Å². The van der Waals surface area contributed by atoms with Crippen molar-refractivity contribution in [2.75, 3.05) is 0 Å². The van der Waals surface area contributed by atoms with Gasteiger partial charge in [-0.25, -0.2) is 0 Å². The van der Waals surface area contributed by atoms with Crippen molar-refractivity contribution in [1.29, 1.82) is 10.5 Å². The zero-order chi connectivity index (χ0) is 16.8. The maximum Gasteiger partial charge on any atom is 0.101 e. The Bertz CT molecular complexity index is 959. The molecule has 0 bridgehead atoms. The molecule has 0 aliphatic rings. The molecule has 0 amide bonds. The fourth-order valence-corrected chi connectivity index (χ4v) is 2.22. The largest absolute Gasteiger partial charge is 0.255 e. The third-order valence-corrected chi connectivity index (χ3v) is 3.47. The lowest BCUT2D eigenvalue weighted by atomic mass is 10.0. The van der Waals surface area contributed by atoms with Crippen molar-refractivity contribution in [3.63, 3.8) is 0 Å². The number of aromatic nitrogens is 2. The van der Waals surface area contributed by atoms with E-state index in [0.29, 0.717) is 11.1 Å². The van der Waals surface area contributed by atoms with Gasteiger partial charge in [0, 0.05) is 12.4 Å². The van der Waals surface area contributed by atoms with Crippen LogP contribution in [0.5, 0.6) is 0 Å². The Morgan fingerprint density at radius 1 is 0.750 bits per heavy atom. The summed E-state index contributed by atoms with van der Waals surface area (Å²) in [6, 6.07) is 18.8. The molecule has 0 saturated heterocycles. The number of rotatable bonds is 3. The van der Waals surface area contributed by atoms with Crippen LogP contribution in [-0.4, -0.2) is 9.97 Å². The highest BCUT2D eigenvalue weighted by molar-refractivity contribution is 5.71. The fraction of sp³-hybridized carbons (Fsp3) is 0. The average molecular weight is 308 g/mol. The van der Waals surface area contributed by atoms with Crippen LogP contribution in [0.1, 0.15) is 22.3 Å². The molecule has 1 aromatic carbocycles. The van der Waals surface area contributed by atoms with E-state index in [1.54, 1.807) is 24.5 Å². The highest BCUT2D eigenvalue weighted by atomic mass is 14.8. The van der Waals surface area contributed by atoms with Crippen LogP contribution >= 0.6 is 0 Å². The van der Waals surface area contributed by atoms with Crippen LogP contribution in [0.25, 0.3) is 23.5 Å². The summed E-state index contributed by atoms with van der Waals surface area (Å²) in [5.41, 5.74) is 4.22. The minimum absolute atomic E-state index is 0.378. The number of pyridine rings is 2. The van der Waals surface area contributed by atoms with Gasteiger partial charge in [0.1, 0.15) is 12.1 Å². The second kappa shape index (κ2) is 7.00. The lowest BCUT2D eigenvalue weighted by Gasteiger charge is -2.00. The van der Waals surface area contributed by atoms with Gasteiger partial charge >= 0.3 is 0 Å². The first-order valence-corrected chi connectivity index (χ1v) is 7.30. The van der Waals surface area contributed by atoms with Gasteiger partial charge in [-0.05, 0) is 41.5 Å². The normalized spacial score (nSPS) is 10.2. The summed E-state index contributed by atoms with van der Waals surface area (Å²) >= 11 is 0. The lowest BCUT2D eigenvalue weighted by molar-refractivity contribution is 1.24. The molecule has 0 radical (unpaired) electrons. The average Bonchev–Trinajstić information content (AvgIpc) is 2.67. The number of nitrogens with zero attached hydrogens (tertiary/aromatic N) is 4. The Labute approximate surface area is 140 Å². The van der Waals surface area contributed by atoms with Crippen LogP contribution in [0.15, 0.2) is 60.9 Å². The molecule has 0 spiro atoms. The molecule has 112 valence electrons. The van der Waals surface area contributed by atoms with Gasteiger partial charge < -0.3 is 0 Å². The highest BCUT2D eigenvalue weighted by Gasteiger charge is 2.01. The summed E-state index contributed by atoms with van der Waals surface area (Å²) in [6.07, 6.45) is 7.31. The van der Waals surface area contributed by atoms with E-state index in [4.69, 9.17) is 10.5 Å². The summed E-state index contributed by atoms with van der Waals surface area (Å²) < 4.78 is 0. The molecule has 4 nitrogen and oxygen atoms in total. The van der Waals surface area contributed by atoms with Crippen LogP contribution in [0, 0.1) is 22.7 Å². The first-order chi connectivity index (χ1) is 11.8. The Balaban J connectivity index is 1.81. The van der Waals surface area contributed by atoms with Crippen molar-refractivity contribution < 1.29 is 0 Å². The maximum absolute atomic E-state index is 9.06. The van der Waals surface area contributed by atoms with Gasteiger partial charge in [-0.3, -0.25) is 9.97 Å². The Morgan fingerprint density at radius 2 is 1.50 bits per heavy atom. The van der Waals surface area contributed by atoms with Crippen molar-refractivity contribution in [2.24, 2.45) is 0 Å². The molecule has 0 saturated carbocycles. The first-order valence-electron chi connectivity index (χ1n) is 7.30. The molecule has 2 heterocycles. The van der Waals surface area contributed by atoms with Gasteiger partial charge in [-0.1, -0.05) is 30.4 Å². The number of hydrogen-bond donors (Lipinski definition) is 0. The molecule has 2 aromatic heterocycles. The summed E-state index contributed by atoms with van der Waals surface area (Å²) in [5, 5.41) is 18.0. The molecule has 0 unspecified atom stereocenters. The molecule has 0 N–H and O–H groups in total. The third kappa shape index (κ3) is 3.35. The highest BCUT2D eigenvalue weighted by Crippen LogP contribution is 2.16. The van der Waals surface area contributed by atoms with Crippen LogP contribution < -0.4 is 0 Å². The second-order valence-electron chi connectivity index (χ2n) is 5.05. The van der Waals surface area contributed by atoms with E-state index >= 15 is 0 Å². The maximum atomic E-state index is 9.06. The van der Waals surface area contributed by atoms with Crippen molar-refractivity contribution in [3.8, 4) is 23.5 Å². The van der Waals surface area contributed by atoms with Crippen molar-refractivity contribution in [3.05, 3.63) is 83.2 Å². The molecule has 0 atom stereocenters. The van der Waals surface area contributed by atoms with Crippen molar-refractivity contribution >= 4 is 12.2 Å². The van der Waals surface area contributed by atoms with Gasteiger partial charge in [0.05, 0.1) is 22.5 Å². The first kappa shape index (κ1) is 15.1. The Hall–Kier alpha value is -3.76. The third-order valence-electron chi connectivity index (χ3n) is 3.47. The molecule has 0 aliphatic carbocycles. The zero-order valence-electron chi connectivity index (χ0n) is 12.7. The van der Waals surface area contributed by atoms with Gasteiger partial charge in [-0.15, -0.1) is 0 Å². The summed E-state index contributed by atoms with van der Waals surface area (Å²) in [7, 11) is 0. The van der Waals surface area contributed by atoms with Crippen molar-refractivity contribution in [2.45, 2.75) is 0 Å². The van der Waals surface area contributed by atoms with Gasteiger partial charge in [0.2, 0.25) is 0 Å². The van der Waals surface area contributed by atoms with Gasteiger partial charge in [0.15, 0.2) is 0 Å². The monoisotopic (exact) mass is 308 g/mol. The Morgan fingerprint density at radius 3 is 2.17 bits per heavy atom. The van der Waals surface area contributed by atoms with E-state index in [1.165, 1.54) is 0 Å². The smallest absolute Gasteiger partial charge is 0.101 e. The number of nitriles is 2. The topological polar surface area (TPSA) is 73.4 Å². The lowest BCUT2D eigenvalue weighted by Crippen LogP contribution is -1.87. The van der Waals surface area contributed by atoms with Crippen LogP contribution in [0.3, 0.4) is 0 Å². The number of benzene rings is 1. The quantitative estimate of drug-likeness (QED) is 0.731. The molecule has 3 rings (SSSR count). The van der Waals surface area contributed by atoms with E-state index < -0.39 is 0 Å². The molecule has 4 heteroatoms. The summed E-state index contributed by atoms with van der Waals surface area (Å²) in [6.45, 7) is 0. The molecule has 0 fully saturated rings. The van der Waals surface area contributed by atoms with Crippen molar-refractivity contribution in [1.82, 2.24) is 9.97 Å². The van der Waals surface area contributed by atoms with E-state index in [0.717, 1.165) is 22.5 Å². The van der Waals surface area contributed by atoms with Gasteiger partial charge in [0.25, 0.3) is 0 Å². The SMILES string of the molecule is N#Cc1ccc(C=Cc2ccc(-c3ccccn3)nc2)cc1C#N. The molecular weight excluding hydrogens is 296 g/mol. The standard InChI is InChI=1S/C20H12N4/c21-12-17-8-6-15(11-18(17)13-22)4-5-16-7-9-20(24-14-16)19-3-1-2-10-23-19/h1-11,14H. The predicted molar refractivity (Wildman–Crippen MR) is 92.3 cm³/mol. The van der Waals surface area contributed by atoms with E-state index in [9.17, 15) is 0 Å². The van der Waals surface area contributed by atoms with Gasteiger partial charge in [-0.2, -0.15) is 10.5 Å². The minimum atomic E-state index is 0.378. The predicted octanol–water partition coefficient (Wildman–Crippen LogP) is 4.06. The van der Waals surface area contributed by atoms with Crippen LogP contribution in [0.2, 0.25) is 0 Å². The zero-order valence-corrected chi connectivity index (χ0v) is 12.7. The van der Waals surface area contributed by atoms with Crippen LogP contribution in [-0.2, 0) is 0 Å². The molecular formula is C20H12N4. The van der Waals surface area contributed by atoms with Crippen LogP contribution in [0.4, 0.5) is 0 Å². The molecule has 3 aromatic rings. The Kier molecular flexibility index (Phi) is 4.42. The fourth-order valence-electron chi connectivity index (χ4n) is 2.22. The van der Waals surface area contributed by atoms with E-state index in [-0.39, 0.29) is 0 Å². The van der Waals surface area contributed by atoms with E-state index in [2.05, 4.69) is 9.97 Å².